The first-order valence-corrected chi connectivity index (χ1v) is 11.4. The lowest BCUT2D eigenvalue weighted by atomic mass is 9.90. The molecule has 0 aromatic heterocycles. The largest absolute Gasteiger partial charge is 0.573 e. The fourth-order valence-corrected chi connectivity index (χ4v) is 5.26. The molecule has 0 fully saturated rings. The van der Waals surface area contributed by atoms with E-state index in [-0.39, 0.29) is 11.3 Å². The minimum absolute atomic E-state index is 0.227. The molecule has 4 rings (SSSR count). The number of alkyl halides is 3. The maximum Gasteiger partial charge on any atom is 0.573 e. The third-order valence-electron chi connectivity index (χ3n) is 5.21. The van der Waals surface area contributed by atoms with Crippen LogP contribution in [0.3, 0.4) is 0 Å². The van der Waals surface area contributed by atoms with Crippen LogP contribution in [0, 0.1) is 13.8 Å². The van der Waals surface area contributed by atoms with Gasteiger partial charge in [-0.05, 0) is 64.7 Å². The van der Waals surface area contributed by atoms with Crippen LogP contribution in [-0.4, -0.2) is 17.7 Å². The number of hydrogen-bond acceptors (Lipinski definition) is 3. The Bertz CT molecular complexity index is 1380. The second-order valence-corrected chi connectivity index (χ2v) is 9.46. The zero-order valence-corrected chi connectivity index (χ0v) is 19.7. The molecule has 0 aliphatic heterocycles. The molecule has 4 aromatic carbocycles. The summed E-state index contributed by atoms with van der Waals surface area (Å²) >= 11 is 1.52. The van der Waals surface area contributed by atoms with Crippen LogP contribution in [-0.2, 0) is 15.3 Å². The fourth-order valence-electron chi connectivity index (χ4n) is 4.01. The molecular formula is C24H18BrF3O3S. The monoisotopic (exact) mass is 522 g/mol. The van der Waals surface area contributed by atoms with E-state index in [0.717, 1.165) is 15.2 Å². The van der Waals surface area contributed by atoms with Gasteiger partial charge >= 0.3 is 6.36 Å². The van der Waals surface area contributed by atoms with Gasteiger partial charge < -0.3 is 4.74 Å². The van der Waals surface area contributed by atoms with Gasteiger partial charge in [-0.3, -0.25) is 4.18 Å². The number of benzene rings is 4. The minimum atomic E-state index is -4.90. The minimum Gasteiger partial charge on any atom is -0.405 e. The van der Waals surface area contributed by atoms with Gasteiger partial charge in [-0.25, -0.2) is 4.21 Å². The quantitative estimate of drug-likeness (QED) is 0.276. The normalized spacial score (nSPS) is 13.0. The average Bonchev–Trinajstić information content (AvgIpc) is 2.72. The standard InChI is InChI=1S/C24H18BrF3O3S/c1-13-10-16-12-17(25)8-9-19(16)20(22(13)31-24(26,27)28)21-18-7-5-4-6-15(18)11-14(2)23(21)32(29)30-3/h4-12H,1-3H3. The fraction of sp³-hybridized carbons (Fsp3) is 0.167. The highest BCUT2D eigenvalue weighted by atomic mass is 79.9. The average molecular weight is 523 g/mol. The molecule has 0 heterocycles. The van der Waals surface area contributed by atoms with E-state index in [2.05, 4.69) is 20.7 Å². The lowest BCUT2D eigenvalue weighted by Gasteiger charge is -2.22. The number of rotatable bonds is 4. The van der Waals surface area contributed by atoms with E-state index >= 15 is 0 Å². The molecule has 1 unspecified atom stereocenters. The first-order chi connectivity index (χ1) is 15.1. The molecule has 0 saturated carbocycles. The van der Waals surface area contributed by atoms with E-state index in [1.807, 2.05) is 24.3 Å². The summed E-state index contributed by atoms with van der Waals surface area (Å²) in [4.78, 5) is 0.313. The lowest BCUT2D eigenvalue weighted by molar-refractivity contribution is -0.274. The van der Waals surface area contributed by atoms with Gasteiger partial charge in [0.2, 0.25) is 0 Å². The molecule has 166 valence electrons. The van der Waals surface area contributed by atoms with Crippen LogP contribution in [0.5, 0.6) is 5.75 Å². The molecule has 3 nitrogen and oxygen atoms in total. The number of halogens is 4. The van der Waals surface area contributed by atoms with Crippen LogP contribution in [0.15, 0.2) is 64.0 Å². The van der Waals surface area contributed by atoms with Crippen molar-refractivity contribution in [1.82, 2.24) is 0 Å². The predicted molar refractivity (Wildman–Crippen MR) is 124 cm³/mol. The molecule has 8 heteroatoms. The van der Waals surface area contributed by atoms with Crippen molar-refractivity contribution in [2.45, 2.75) is 25.1 Å². The van der Waals surface area contributed by atoms with Crippen molar-refractivity contribution in [2.75, 3.05) is 7.11 Å². The van der Waals surface area contributed by atoms with Crippen LogP contribution in [0.25, 0.3) is 32.7 Å². The third-order valence-corrected chi connectivity index (χ3v) is 6.87. The van der Waals surface area contributed by atoms with Gasteiger partial charge in [-0.2, -0.15) is 0 Å². The van der Waals surface area contributed by atoms with Crippen molar-refractivity contribution < 1.29 is 26.3 Å². The van der Waals surface area contributed by atoms with Crippen molar-refractivity contribution in [3.63, 3.8) is 0 Å². The maximum atomic E-state index is 13.5. The Morgan fingerprint density at radius 3 is 2.22 bits per heavy atom. The molecule has 0 bridgehead atoms. The molecule has 1 atom stereocenters. The van der Waals surface area contributed by atoms with Gasteiger partial charge in [0.25, 0.3) is 0 Å². The van der Waals surface area contributed by atoms with Crippen LogP contribution in [0.4, 0.5) is 13.2 Å². The first-order valence-electron chi connectivity index (χ1n) is 9.58. The predicted octanol–water partition coefficient (Wildman–Crippen LogP) is 7.61. The van der Waals surface area contributed by atoms with Gasteiger partial charge in [-0.1, -0.05) is 52.3 Å². The second kappa shape index (κ2) is 8.50. The molecule has 0 N–H and O–H groups in total. The highest BCUT2D eigenvalue weighted by molar-refractivity contribution is 9.10. The summed E-state index contributed by atoms with van der Waals surface area (Å²) in [6.07, 6.45) is -4.90. The molecule has 0 aliphatic rings. The van der Waals surface area contributed by atoms with Crippen LogP contribution >= 0.6 is 15.9 Å². The van der Waals surface area contributed by atoms with Crippen molar-refractivity contribution in [3.8, 4) is 16.9 Å². The van der Waals surface area contributed by atoms with Crippen LogP contribution < -0.4 is 4.74 Å². The van der Waals surface area contributed by atoms with E-state index in [1.165, 1.54) is 7.11 Å². The Kier molecular flexibility index (Phi) is 6.04. The highest BCUT2D eigenvalue weighted by Crippen LogP contribution is 2.47. The molecule has 4 aromatic rings. The molecule has 0 amide bonds. The van der Waals surface area contributed by atoms with Crippen molar-refractivity contribution >= 4 is 48.6 Å². The first kappa shape index (κ1) is 22.8. The molecule has 0 saturated heterocycles. The lowest BCUT2D eigenvalue weighted by Crippen LogP contribution is -2.18. The summed E-state index contributed by atoms with van der Waals surface area (Å²) in [5.41, 5.74) is 1.58. The van der Waals surface area contributed by atoms with E-state index < -0.39 is 17.4 Å². The SMILES string of the molecule is COS(=O)c1c(C)cc2ccccc2c1-c1c(OC(F)(F)F)c(C)cc2cc(Br)ccc12. The van der Waals surface area contributed by atoms with Gasteiger partial charge in [0, 0.05) is 15.6 Å². The Morgan fingerprint density at radius 1 is 0.875 bits per heavy atom. The number of aryl methyl sites for hydroxylation is 2. The Balaban J connectivity index is 2.27. The van der Waals surface area contributed by atoms with Gasteiger partial charge in [0.1, 0.15) is 5.75 Å². The molecular weight excluding hydrogens is 505 g/mol. The topological polar surface area (TPSA) is 35.5 Å². The van der Waals surface area contributed by atoms with Crippen LogP contribution in [0.1, 0.15) is 11.1 Å². The smallest absolute Gasteiger partial charge is 0.405 e. The van der Waals surface area contributed by atoms with Gasteiger partial charge in [0.15, 0.2) is 11.1 Å². The summed E-state index contributed by atoms with van der Waals surface area (Å²) in [5, 5.41) is 2.73. The molecule has 32 heavy (non-hydrogen) atoms. The van der Waals surface area contributed by atoms with Gasteiger partial charge in [-0.15, -0.1) is 13.2 Å². The Morgan fingerprint density at radius 2 is 1.53 bits per heavy atom. The number of fused-ring (bicyclic) bond motifs is 2. The van der Waals surface area contributed by atoms with Gasteiger partial charge in [0.05, 0.1) is 12.0 Å². The van der Waals surface area contributed by atoms with E-state index in [4.69, 9.17) is 4.18 Å². The zero-order valence-electron chi connectivity index (χ0n) is 17.3. The van der Waals surface area contributed by atoms with Crippen molar-refractivity contribution in [1.29, 1.82) is 0 Å². The molecule has 0 radical (unpaired) electrons. The zero-order chi connectivity index (χ0) is 23.2. The molecule has 0 aliphatic carbocycles. The maximum absolute atomic E-state index is 13.5. The third kappa shape index (κ3) is 4.14. The number of ether oxygens (including phenoxy) is 1. The molecule has 0 spiro atoms. The summed E-state index contributed by atoms with van der Waals surface area (Å²) in [6, 6.07) is 16.1. The van der Waals surface area contributed by atoms with E-state index in [1.54, 1.807) is 44.2 Å². The van der Waals surface area contributed by atoms with Crippen LogP contribution in [0.2, 0.25) is 0 Å². The number of hydrogen-bond donors (Lipinski definition) is 0. The highest BCUT2D eigenvalue weighted by Gasteiger charge is 2.35. The summed E-state index contributed by atoms with van der Waals surface area (Å²) in [6.45, 7) is 3.33. The van der Waals surface area contributed by atoms with E-state index in [9.17, 15) is 17.4 Å². The second-order valence-electron chi connectivity index (χ2n) is 7.33. The Hall–Kier alpha value is -2.42. The Labute approximate surface area is 193 Å². The summed E-state index contributed by atoms with van der Waals surface area (Å²) < 4.78 is 63.9. The summed E-state index contributed by atoms with van der Waals surface area (Å²) in [5.74, 6) is -0.322. The van der Waals surface area contributed by atoms with Crippen molar-refractivity contribution in [2.24, 2.45) is 0 Å². The summed E-state index contributed by atoms with van der Waals surface area (Å²) in [7, 11) is 1.30. The van der Waals surface area contributed by atoms with E-state index in [0.29, 0.717) is 32.4 Å². The van der Waals surface area contributed by atoms with Crippen molar-refractivity contribution in [3.05, 3.63) is 70.2 Å².